The number of piperidine rings is 1. The van der Waals surface area contributed by atoms with Gasteiger partial charge in [-0.05, 0) is 49.3 Å². The van der Waals surface area contributed by atoms with Gasteiger partial charge >= 0.3 is 0 Å². The number of likely N-dealkylation sites (tertiary alicyclic amines) is 1. The lowest BCUT2D eigenvalue weighted by atomic mass is 9.91. The van der Waals surface area contributed by atoms with E-state index in [9.17, 15) is 9.59 Å². The van der Waals surface area contributed by atoms with Gasteiger partial charge in [-0.25, -0.2) is 5.01 Å². The van der Waals surface area contributed by atoms with Gasteiger partial charge in [0.25, 0.3) is 5.91 Å². The average molecular weight is 357 g/mol. The molecule has 0 unspecified atom stereocenters. The molecule has 0 aromatic heterocycles. The Morgan fingerprint density at radius 3 is 2.96 bits per heavy atom. The molecule has 2 amide bonds. The molecule has 6 heteroatoms. The van der Waals surface area contributed by atoms with Gasteiger partial charge in [0.05, 0.1) is 7.11 Å². The van der Waals surface area contributed by atoms with Gasteiger partial charge in [-0.2, -0.15) is 5.10 Å². The van der Waals surface area contributed by atoms with Crippen LogP contribution in [0.5, 0.6) is 5.75 Å². The number of methoxy groups -OCH3 is 1. The molecule has 0 bridgehead atoms. The summed E-state index contributed by atoms with van der Waals surface area (Å²) in [5.74, 6) is 1.35. The predicted octanol–water partition coefficient (Wildman–Crippen LogP) is 2.47. The van der Waals surface area contributed by atoms with Crippen LogP contribution in [0.1, 0.15) is 37.7 Å². The van der Waals surface area contributed by atoms with Crippen molar-refractivity contribution in [3.63, 3.8) is 0 Å². The van der Waals surface area contributed by atoms with E-state index < -0.39 is 0 Å². The van der Waals surface area contributed by atoms with Gasteiger partial charge in [0.1, 0.15) is 11.5 Å². The lowest BCUT2D eigenvalue weighted by Crippen LogP contribution is -2.45. The van der Waals surface area contributed by atoms with Crippen LogP contribution in [0.4, 0.5) is 0 Å². The first-order valence-corrected chi connectivity index (χ1v) is 9.33. The molecule has 1 aromatic rings. The molecule has 0 N–H and O–H groups in total. The zero-order valence-electron chi connectivity index (χ0n) is 15.6. The molecule has 0 radical (unpaired) electrons. The minimum absolute atomic E-state index is 0.00423. The Bertz CT molecular complexity index is 701. The molecule has 26 heavy (non-hydrogen) atoms. The molecule has 0 spiro atoms. The van der Waals surface area contributed by atoms with Gasteiger partial charge in [-0.1, -0.05) is 12.1 Å². The highest BCUT2D eigenvalue weighted by Crippen LogP contribution is 2.24. The Kier molecular flexibility index (Phi) is 5.91. The van der Waals surface area contributed by atoms with Gasteiger partial charge < -0.3 is 9.64 Å². The molecule has 1 aromatic carbocycles. The van der Waals surface area contributed by atoms with E-state index in [2.05, 4.69) is 17.2 Å². The number of amides is 2. The normalized spacial score (nSPS) is 20.8. The Balaban J connectivity index is 1.56. The van der Waals surface area contributed by atoms with Crippen molar-refractivity contribution in [3.05, 3.63) is 29.8 Å². The van der Waals surface area contributed by atoms with Gasteiger partial charge in [0, 0.05) is 33.0 Å². The third kappa shape index (κ3) is 4.42. The first-order valence-electron chi connectivity index (χ1n) is 9.33. The number of ether oxygens (including phenoxy) is 1. The minimum Gasteiger partial charge on any atom is -0.497 e. The third-order valence-electron chi connectivity index (χ3n) is 5.24. The van der Waals surface area contributed by atoms with Crippen LogP contribution in [-0.4, -0.2) is 54.7 Å². The van der Waals surface area contributed by atoms with Crippen LogP contribution in [0.2, 0.25) is 0 Å². The van der Waals surface area contributed by atoms with E-state index in [0.29, 0.717) is 24.5 Å². The third-order valence-corrected chi connectivity index (χ3v) is 5.24. The standard InChI is InChI=1S/C20H27N3O3/c1-22-19(24)11-10-18(21-22)20(25)23-12-4-6-16(14-23)9-8-15-5-3-7-17(13-15)26-2/h3,5,7,13,16H,4,6,8-12,14H2,1-2H3/t16-/m1/s1. The summed E-state index contributed by atoms with van der Waals surface area (Å²) in [7, 11) is 3.30. The molecule has 140 valence electrons. The van der Waals surface area contributed by atoms with Crippen molar-refractivity contribution < 1.29 is 14.3 Å². The quantitative estimate of drug-likeness (QED) is 0.813. The lowest BCUT2D eigenvalue weighted by Gasteiger charge is -2.34. The number of carbonyl (C=O) groups excluding carboxylic acids is 2. The van der Waals surface area contributed by atoms with Gasteiger partial charge in [-0.15, -0.1) is 0 Å². The molecule has 1 saturated heterocycles. The number of benzene rings is 1. The highest BCUT2D eigenvalue weighted by atomic mass is 16.5. The van der Waals surface area contributed by atoms with Crippen molar-refractivity contribution in [2.45, 2.75) is 38.5 Å². The Morgan fingerprint density at radius 1 is 1.35 bits per heavy atom. The van der Waals surface area contributed by atoms with E-state index in [-0.39, 0.29) is 11.8 Å². The van der Waals surface area contributed by atoms with E-state index >= 15 is 0 Å². The smallest absolute Gasteiger partial charge is 0.270 e. The molecule has 1 atom stereocenters. The van der Waals surface area contributed by atoms with E-state index in [1.165, 1.54) is 10.6 Å². The molecule has 3 rings (SSSR count). The van der Waals surface area contributed by atoms with Crippen molar-refractivity contribution in [1.82, 2.24) is 9.91 Å². The second-order valence-electron chi connectivity index (χ2n) is 7.11. The average Bonchev–Trinajstić information content (AvgIpc) is 2.68. The van der Waals surface area contributed by atoms with Gasteiger partial charge in [0.15, 0.2) is 0 Å². The summed E-state index contributed by atoms with van der Waals surface area (Å²) in [5, 5.41) is 5.46. The molecule has 2 aliphatic heterocycles. The van der Waals surface area contributed by atoms with Crippen LogP contribution < -0.4 is 4.74 Å². The van der Waals surface area contributed by atoms with Crippen molar-refractivity contribution in [2.24, 2.45) is 11.0 Å². The largest absolute Gasteiger partial charge is 0.497 e. The summed E-state index contributed by atoms with van der Waals surface area (Å²) in [6.07, 6.45) is 5.04. The fraction of sp³-hybridized carbons (Fsp3) is 0.550. The highest BCUT2D eigenvalue weighted by molar-refractivity contribution is 6.39. The van der Waals surface area contributed by atoms with Crippen LogP contribution in [0.3, 0.4) is 0 Å². The van der Waals surface area contributed by atoms with Crippen molar-refractivity contribution >= 4 is 17.5 Å². The molecule has 6 nitrogen and oxygen atoms in total. The maximum Gasteiger partial charge on any atom is 0.270 e. The first-order chi connectivity index (χ1) is 12.6. The molecule has 2 aliphatic rings. The van der Waals surface area contributed by atoms with Crippen LogP contribution in [0.15, 0.2) is 29.4 Å². The lowest BCUT2D eigenvalue weighted by molar-refractivity contribution is -0.131. The van der Waals surface area contributed by atoms with E-state index in [4.69, 9.17) is 4.74 Å². The van der Waals surface area contributed by atoms with Gasteiger partial charge in [-0.3, -0.25) is 9.59 Å². The van der Waals surface area contributed by atoms with Crippen LogP contribution in [-0.2, 0) is 16.0 Å². The van der Waals surface area contributed by atoms with Crippen molar-refractivity contribution in [3.8, 4) is 5.75 Å². The predicted molar refractivity (Wildman–Crippen MR) is 100 cm³/mol. The summed E-state index contributed by atoms with van der Waals surface area (Å²) in [4.78, 5) is 26.2. The molecular formula is C20H27N3O3. The van der Waals surface area contributed by atoms with E-state index in [1.54, 1.807) is 14.2 Å². The molecular weight excluding hydrogens is 330 g/mol. The number of carbonyl (C=O) groups is 2. The summed E-state index contributed by atoms with van der Waals surface area (Å²) in [6.45, 7) is 1.56. The number of hydrogen-bond donors (Lipinski definition) is 0. The van der Waals surface area contributed by atoms with E-state index in [1.807, 2.05) is 17.0 Å². The molecule has 2 heterocycles. The second-order valence-corrected chi connectivity index (χ2v) is 7.11. The minimum atomic E-state index is -0.0311. The fourth-order valence-corrected chi connectivity index (χ4v) is 3.69. The summed E-state index contributed by atoms with van der Waals surface area (Å²) in [5.41, 5.74) is 1.78. The van der Waals surface area contributed by atoms with E-state index in [0.717, 1.165) is 44.5 Å². The van der Waals surface area contributed by atoms with Crippen molar-refractivity contribution in [1.29, 1.82) is 0 Å². The number of aryl methyl sites for hydroxylation is 1. The second kappa shape index (κ2) is 8.34. The Hall–Kier alpha value is -2.37. The number of rotatable bonds is 5. The van der Waals surface area contributed by atoms with Crippen LogP contribution >= 0.6 is 0 Å². The SMILES string of the molecule is COc1cccc(CC[C@H]2CCCN(C(=O)C3=NN(C)C(=O)CC3)C2)c1. The maximum absolute atomic E-state index is 12.7. The summed E-state index contributed by atoms with van der Waals surface area (Å²) >= 11 is 0. The Morgan fingerprint density at radius 2 is 2.19 bits per heavy atom. The maximum atomic E-state index is 12.7. The monoisotopic (exact) mass is 357 g/mol. The zero-order valence-corrected chi connectivity index (χ0v) is 15.6. The van der Waals surface area contributed by atoms with Crippen LogP contribution in [0.25, 0.3) is 0 Å². The molecule has 0 saturated carbocycles. The molecule has 0 aliphatic carbocycles. The fourth-order valence-electron chi connectivity index (χ4n) is 3.69. The van der Waals surface area contributed by atoms with Gasteiger partial charge in [0.2, 0.25) is 5.91 Å². The topological polar surface area (TPSA) is 62.2 Å². The van der Waals surface area contributed by atoms with Crippen LogP contribution in [0, 0.1) is 5.92 Å². The number of hydrazone groups is 1. The van der Waals surface area contributed by atoms with Crippen molar-refractivity contribution in [2.75, 3.05) is 27.2 Å². The first kappa shape index (κ1) is 18.4. The summed E-state index contributed by atoms with van der Waals surface area (Å²) in [6, 6.07) is 8.17. The highest BCUT2D eigenvalue weighted by Gasteiger charge is 2.29. The summed E-state index contributed by atoms with van der Waals surface area (Å²) < 4.78 is 5.28. The molecule has 1 fully saturated rings. The zero-order chi connectivity index (χ0) is 18.5. The number of nitrogens with zero attached hydrogens (tertiary/aromatic N) is 3. The Labute approximate surface area is 154 Å². The number of hydrogen-bond acceptors (Lipinski definition) is 4.